The molecule has 0 unspecified atom stereocenters. The molecule has 1 rings (SSSR count). The van der Waals surface area contributed by atoms with E-state index in [4.69, 9.17) is 5.73 Å². The molecule has 0 aliphatic rings. The highest BCUT2D eigenvalue weighted by molar-refractivity contribution is 5.94. The minimum atomic E-state index is -0.458. The number of aryl methyl sites for hydroxylation is 2. The average Bonchev–Trinajstić information content (AvgIpc) is 2.14. The van der Waals surface area contributed by atoms with E-state index in [9.17, 15) is 4.79 Å². The summed E-state index contributed by atoms with van der Waals surface area (Å²) < 4.78 is 0. The van der Waals surface area contributed by atoms with Crippen molar-refractivity contribution in [1.82, 2.24) is 0 Å². The SMILES string of the molecule is Cc1cc(C)cc(NC(=O)[C@@H](N)C(C)C)c1. The molecule has 0 aliphatic heterocycles. The van der Waals surface area contributed by atoms with Crippen LogP contribution in [-0.2, 0) is 4.79 Å². The molecule has 88 valence electrons. The van der Waals surface area contributed by atoms with Gasteiger partial charge in [0.1, 0.15) is 0 Å². The number of nitrogens with two attached hydrogens (primary N) is 1. The van der Waals surface area contributed by atoms with E-state index in [0.717, 1.165) is 16.8 Å². The molecule has 1 aromatic rings. The molecule has 0 spiro atoms. The summed E-state index contributed by atoms with van der Waals surface area (Å²) in [7, 11) is 0. The van der Waals surface area contributed by atoms with Crippen molar-refractivity contribution in [2.45, 2.75) is 33.7 Å². The summed E-state index contributed by atoms with van der Waals surface area (Å²) in [5.74, 6) is 0.0194. The second-order valence-electron chi connectivity index (χ2n) is 4.64. The summed E-state index contributed by atoms with van der Waals surface area (Å²) in [6.45, 7) is 7.88. The molecule has 0 saturated heterocycles. The number of carbonyl (C=O) groups excluding carboxylic acids is 1. The average molecular weight is 220 g/mol. The van der Waals surface area contributed by atoms with Crippen LogP contribution in [0.4, 0.5) is 5.69 Å². The van der Waals surface area contributed by atoms with Crippen molar-refractivity contribution in [2.75, 3.05) is 5.32 Å². The van der Waals surface area contributed by atoms with Gasteiger partial charge in [-0.15, -0.1) is 0 Å². The van der Waals surface area contributed by atoms with Gasteiger partial charge in [-0.25, -0.2) is 0 Å². The lowest BCUT2D eigenvalue weighted by Crippen LogP contribution is -2.39. The smallest absolute Gasteiger partial charge is 0.241 e. The second-order valence-corrected chi connectivity index (χ2v) is 4.64. The first kappa shape index (κ1) is 12.7. The predicted molar refractivity (Wildman–Crippen MR) is 67.4 cm³/mol. The predicted octanol–water partition coefficient (Wildman–Crippen LogP) is 2.23. The maximum atomic E-state index is 11.7. The third-order valence-corrected chi connectivity index (χ3v) is 2.51. The first-order valence-corrected chi connectivity index (χ1v) is 5.55. The Morgan fingerprint density at radius 3 is 2.12 bits per heavy atom. The molecule has 16 heavy (non-hydrogen) atoms. The molecule has 1 atom stereocenters. The molecule has 0 fully saturated rings. The molecule has 0 saturated carbocycles. The standard InChI is InChI=1S/C13H20N2O/c1-8(2)12(14)13(16)15-11-6-9(3)5-10(4)7-11/h5-8,12H,14H2,1-4H3,(H,15,16)/t12-/m0/s1. The van der Waals surface area contributed by atoms with Gasteiger partial charge < -0.3 is 11.1 Å². The minimum Gasteiger partial charge on any atom is -0.325 e. The van der Waals surface area contributed by atoms with Crippen molar-refractivity contribution in [1.29, 1.82) is 0 Å². The molecule has 3 nitrogen and oxygen atoms in total. The van der Waals surface area contributed by atoms with Crippen LogP contribution in [-0.4, -0.2) is 11.9 Å². The summed E-state index contributed by atoms with van der Waals surface area (Å²) in [4.78, 5) is 11.7. The highest BCUT2D eigenvalue weighted by Crippen LogP contribution is 2.14. The van der Waals surface area contributed by atoms with Crippen LogP contribution in [0, 0.1) is 19.8 Å². The van der Waals surface area contributed by atoms with Gasteiger partial charge in [0.05, 0.1) is 6.04 Å². The summed E-state index contributed by atoms with van der Waals surface area (Å²) in [6.07, 6.45) is 0. The number of nitrogens with one attached hydrogen (secondary N) is 1. The van der Waals surface area contributed by atoms with Crippen molar-refractivity contribution >= 4 is 11.6 Å². The van der Waals surface area contributed by atoms with Gasteiger partial charge in [-0.1, -0.05) is 19.9 Å². The number of benzene rings is 1. The van der Waals surface area contributed by atoms with Crippen LogP contribution in [0.3, 0.4) is 0 Å². The highest BCUT2D eigenvalue weighted by atomic mass is 16.2. The van der Waals surface area contributed by atoms with Crippen LogP contribution >= 0.6 is 0 Å². The fraction of sp³-hybridized carbons (Fsp3) is 0.462. The van der Waals surface area contributed by atoms with E-state index in [1.54, 1.807) is 0 Å². The highest BCUT2D eigenvalue weighted by Gasteiger charge is 2.17. The van der Waals surface area contributed by atoms with E-state index < -0.39 is 6.04 Å². The molecule has 3 heteroatoms. The van der Waals surface area contributed by atoms with Crippen LogP contribution in [0.1, 0.15) is 25.0 Å². The molecular weight excluding hydrogens is 200 g/mol. The lowest BCUT2D eigenvalue weighted by molar-refractivity contribution is -0.118. The van der Waals surface area contributed by atoms with Gasteiger partial charge in [0, 0.05) is 5.69 Å². The summed E-state index contributed by atoms with van der Waals surface area (Å²) in [5, 5.41) is 2.84. The molecule has 0 radical (unpaired) electrons. The third kappa shape index (κ3) is 3.35. The Kier molecular flexibility index (Phi) is 4.07. The number of anilines is 1. The van der Waals surface area contributed by atoms with Crippen molar-refractivity contribution in [2.24, 2.45) is 11.7 Å². The third-order valence-electron chi connectivity index (χ3n) is 2.51. The van der Waals surface area contributed by atoms with Gasteiger partial charge in [-0.2, -0.15) is 0 Å². The van der Waals surface area contributed by atoms with Crippen LogP contribution < -0.4 is 11.1 Å². The van der Waals surface area contributed by atoms with Crippen LogP contribution in [0.25, 0.3) is 0 Å². The van der Waals surface area contributed by atoms with Crippen molar-refractivity contribution in [3.05, 3.63) is 29.3 Å². The number of amides is 1. The van der Waals surface area contributed by atoms with Crippen LogP contribution in [0.15, 0.2) is 18.2 Å². The molecular formula is C13H20N2O. The number of carbonyl (C=O) groups is 1. The van der Waals surface area contributed by atoms with E-state index in [1.807, 2.05) is 39.8 Å². The zero-order chi connectivity index (χ0) is 12.3. The summed E-state index contributed by atoms with van der Waals surface area (Å²) in [5.41, 5.74) is 8.86. The molecule has 0 aromatic heterocycles. The molecule has 3 N–H and O–H groups in total. The summed E-state index contributed by atoms with van der Waals surface area (Å²) in [6, 6.07) is 5.49. The zero-order valence-electron chi connectivity index (χ0n) is 10.4. The maximum Gasteiger partial charge on any atom is 0.241 e. The van der Waals surface area contributed by atoms with Gasteiger partial charge in [-0.05, 0) is 43.0 Å². The van der Waals surface area contributed by atoms with Crippen molar-refractivity contribution in [3.63, 3.8) is 0 Å². The Hall–Kier alpha value is -1.35. The maximum absolute atomic E-state index is 11.7. The number of rotatable bonds is 3. The summed E-state index contributed by atoms with van der Waals surface area (Å²) >= 11 is 0. The molecule has 0 aliphatic carbocycles. The van der Waals surface area contributed by atoms with Gasteiger partial charge in [0.25, 0.3) is 0 Å². The van der Waals surface area contributed by atoms with E-state index in [-0.39, 0.29) is 11.8 Å². The molecule has 1 aromatic carbocycles. The minimum absolute atomic E-state index is 0.125. The number of hydrogen-bond donors (Lipinski definition) is 2. The Morgan fingerprint density at radius 1 is 1.19 bits per heavy atom. The first-order valence-electron chi connectivity index (χ1n) is 5.55. The monoisotopic (exact) mass is 220 g/mol. The molecule has 1 amide bonds. The fourth-order valence-corrected chi connectivity index (χ4v) is 1.58. The zero-order valence-corrected chi connectivity index (χ0v) is 10.4. The molecule has 0 heterocycles. The first-order chi connectivity index (χ1) is 7.40. The van der Waals surface area contributed by atoms with Crippen LogP contribution in [0.5, 0.6) is 0 Å². The lowest BCUT2D eigenvalue weighted by atomic mass is 10.0. The van der Waals surface area contributed by atoms with E-state index in [0.29, 0.717) is 0 Å². The Bertz CT molecular complexity index is 365. The second kappa shape index (κ2) is 5.12. The number of hydrogen-bond acceptors (Lipinski definition) is 2. The Morgan fingerprint density at radius 2 is 1.69 bits per heavy atom. The quantitative estimate of drug-likeness (QED) is 0.820. The lowest BCUT2D eigenvalue weighted by Gasteiger charge is -2.15. The van der Waals surface area contributed by atoms with E-state index in [2.05, 4.69) is 11.4 Å². The van der Waals surface area contributed by atoms with Crippen molar-refractivity contribution < 1.29 is 4.79 Å². The topological polar surface area (TPSA) is 55.1 Å². The Labute approximate surface area is 97.0 Å². The largest absolute Gasteiger partial charge is 0.325 e. The van der Waals surface area contributed by atoms with Crippen LogP contribution in [0.2, 0.25) is 0 Å². The fourth-order valence-electron chi connectivity index (χ4n) is 1.58. The van der Waals surface area contributed by atoms with Gasteiger partial charge in [0.15, 0.2) is 0 Å². The van der Waals surface area contributed by atoms with Gasteiger partial charge in [0.2, 0.25) is 5.91 Å². The van der Waals surface area contributed by atoms with Gasteiger partial charge >= 0.3 is 0 Å². The van der Waals surface area contributed by atoms with E-state index >= 15 is 0 Å². The van der Waals surface area contributed by atoms with Crippen molar-refractivity contribution in [3.8, 4) is 0 Å². The molecule has 0 bridgehead atoms. The Balaban J connectivity index is 2.77. The van der Waals surface area contributed by atoms with E-state index in [1.165, 1.54) is 0 Å². The van der Waals surface area contributed by atoms with Gasteiger partial charge in [-0.3, -0.25) is 4.79 Å². The normalized spacial score (nSPS) is 12.6.